The maximum absolute atomic E-state index is 11.7. The van der Waals surface area contributed by atoms with Gasteiger partial charge in [0.15, 0.2) is 11.5 Å². The van der Waals surface area contributed by atoms with Gasteiger partial charge in [-0.05, 0) is 60.4 Å². The van der Waals surface area contributed by atoms with Gasteiger partial charge in [-0.2, -0.15) is 0 Å². The van der Waals surface area contributed by atoms with Gasteiger partial charge in [-0.15, -0.1) is 0 Å². The Balaban J connectivity index is 2.01. The van der Waals surface area contributed by atoms with Gasteiger partial charge in [-0.3, -0.25) is 4.90 Å². The minimum absolute atomic E-state index is 0.0248. The number of carboxylic acid groups (broad SMARTS) is 1. The summed E-state index contributed by atoms with van der Waals surface area (Å²) in [6.07, 6.45) is 2.63. The molecule has 136 valence electrons. The van der Waals surface area contributed by atoms with Crippen LogP contribution in [-0.4, -0.2) is 34.9 Å². The molecule has 6 heteroatoms. The molecule has 1 amide bonds. The van der Waals surface area contributed by atoms with E-state index in [1.165, 1.54) is 18.2 Å². The molecule has 0 spiro atoms. The molecule has 6 nitrogen and oxygen atoms in total. The first-order chi connectivity index (χ1) is 12.5. The number of hydrogen-bond acceptors (Lipinski definition) is 4. The van der Waals surface area contributed by atoms with Crippen molar-refractivity contribution in [2.24, 2.45) is 0 Å². The second kappa shape index (κ2) is 7.39. The summed E-state index contributed by atoms with van der Waals surface area (Å²) in [4.78, 5) is 13.0. The summed E-state index contributed by atoms with van der Waals surface area (Å²) in [5.74, 6) is 1.09. The molecular weight excluding hydrogens is 334 g/mol. The van der Waals surface area contributed by atoms with E-state index in [1.54, 1.807) is 18.2 Å². The highest BCUT2D eigenvalue weighted by atomic mass is 16.5. The summed E-state index contributed by atoms with van der Waals surface area (Å²) in [7, 11) is 1.47. The number of aromatic hydroxyl groups is 1. The SMILES string of the molecule is CCOc1cccc(CC2c3cc(OC)c(O)cc3C=CN2C(=O)O)c1. The standard InChI is InChI=1S/C20H21NO5/c1-3-26-15-6-4-5-13(9-15)10-17-16-12-19(25-2)18(22)11-14(16)7-8-21(17)20(23)24/h4-9,11-12,17,22H,3,10H2,1-2H3,(H,23,24). The van der Waals surface area contributed by atoms with E-state index < -0.39 is 12.1 Å². The molecule has 1 atom stereocenters. The third-order valence-electron chi connectivity index (χ3n) is 4.35. The third-order valence-corrected chi connectivity index (χ3v) is 4.35. The lowest BCUT2D eigenvalue weighted by molar-refractivity contribution is 0.147. The van der Waals surface area contributed by atoms with E-state index in [0.717, 1.165) is 22.4 Å². The molecule has 2 aromatic rings. The number of carbonyl (C=O) groups is 1. The number of phenolic OH excluding ortho intramolecular Hbond substituents is 1. The van der Waals surface area contributed by atoms with Crippen LogP contribution in [0.1, 0.15) is 29.7 Å². The van der Waals surface area contributed by atoms with Crippen LogP contribution >= 0.6 is 0 Å². The van der Waals surface area contributed by atoms with Gasteiger partial charge in [0, 0.05) is 6.20 Å². The Morgan fingerprint density at radius 1 is 1.27 bits per heavy atom. The maximum Gasteiger partial charge on any atom is 0.411 e. The fourth-order valence-electron chi connectivity index (χ4n) is 3.17. The van der Waals surface area contributed by atoms with Crippen LogP contribution in [0.15, 0.2) is 42.6 Å². The van der Waals surface area contributed by atoms with Crippen LogP contribution < -0.4 is 9.47 Å². The van der Waals surface area contributed by atoms with Gasteiger partial charge >= 0.3 is 6.09 Å². The van der Waals surface area contributed by atoms with Crippen molar-refractivity contribution in [3.05, 3.63) is 59.3 Å². The van der Waals surface area contributed by atoms with Crippen molar-refractivity contribution in [3.8, 4) is 17.2 Å². The van der Waals surface area contributed by atoms with Crippen LogP contribution in [0, 0.1) is 0 Å². The fraction of sp³-hybridized carbons (Fsp3) is 0.250. The van der Waals surface area contributed by atoms with Gasteiger partial charge in [-0.25, -0.2) is 4.79 Å². The van der Waals surface area contributed by atoms with Crippen molar-refractivity contribution < 1.29 is 24.5 Å². The molecular formula is C20H21NO5. The highest BCUT2D eigenvalue weighted by molar-refractivity contribution is 5.73. The Morgan fingerprint density at radius 2 is 2.08 bits per heavy atom. The zero-order valence-electron chi connectivity index (χ0n) is 14.7. The molecule has 0 aliphatic carbocycles. The Morgan fingerprint density at radius 3 is 2.77 bits per heavy atom. The van der Waals surface area contributed by atoms with Crippen molar-refractivity contribution in [1.82, 2.24) is 4.90 Å². The molecule has 0 radical (unpaired) electrons. The lowest BCUT2D eigenvalue weighted by atomic mass is 9.91. The van der Waals surface area contributed by atoms with Crippen molar-refractivity contribution in [3.63, 3.8) is 0 Å². The second-order valence-electron chi connectivity index (χ2n) is 5.96. The minimum atomic E-state index is -1.04. The van der Waals surface area contributed by atoms with E-state index in [-0.39, 0.29) is 5.75 Å². The number of ether oxygens (including phenoxy) is 2. The Bertz CT molecular complexity index is 846. The van der Waals surface area contributed by atoms with Crippen LogP contribution in [0.3, 0.4) is 0 Å². The van der Waals surface area contributed by atoms with E-state index in [1.807, 2.05) is 31.2 Å². The summed E-state index contributed by atoms with van der Waals surface area (Å²) >= 11 is 0. The van der Waals surface area contributed by atoms with E-state index in [4.69, 9.17) is 9.47 Å². The third kappa shape index (κ3) is 3.44. The van der Waals surface area contributed by atoms with Crippen molar-refractivity contribution in [2.45, 2.75) is 19.4 Å². The van der Waals surface area contributed by atoms with E-state index in [2.05, 4.69) is 0 Å². The topological polar surface area (TPSA) is 79.2 Å². The normalized spacial score (nSPS) is 15.5. The van der Waals surface area contributed by atoms with Gasteiger partial charge in [0.1, 0.15) is 5.75 Å². The van der Waals surface area contributed by atoms with Gasteiger partial charge in [0.2, 0.25) is 0 Å². The highest BCUT2D eigenvalue weighted by Crippen LogP contribution is 2.39. The number of rotatable bonds is 5. The zero-order valence-corrected chi connectivity index (χ0v) is 14.7. The number of methoxy groups -OCH3 is 1. The summed E-state index contributed by atoms with van der Waals surface area (Å²) in [6, 6.07) is 10.5. The second-order valence-corrected chi connectivity index (χ2v) is 5.96. The molecule has 1 aliphatic rings. The first-order valence-corrected chi connectivity index (χ1v) is 8.35. The van der Waals surface area contributed by atoms with Crippen LogP contribution in [-0.2, 0) is 6.42 Å². The summed E-state index contributed by atoms with van der Waals surface area (Å²) in [5, 5.41) is 19.6. The first kappa shape index (κ1) is 17.7. The van der Waals surface area contributed by atoms with Gasteiger partial charge in [0.25, 0.3) is 0 Å². The highest BCUT2D eigenvalue weighted by Gasteiger charge is 2.29. The van der Waals surface area contributed by atoms with Crippen LogP contribution in [0.2, 0.25) is 0 Å². The number of amides is 1. The molecule has 1 heterocycles. The molecule has 0 fully saturated rings. The quantitative estimate of drug-likeness (QED) is 0.846. The molecule has 3 rings (SSSR count). The number of phenols is 1. The number of fused-ring (bicyclic) bond motifs is 1. The Hall–Kier alpha value is -3.15. The van der Waals surface area contributed by atoms with Crippen molar-refractivity contribution >= 4 is 12.2 Å². The van der Waals surface area contributed by atoms with Crippen molar-refractivity contribution in [2.75, 3.05) is 13.7 Å². The molecule has 0 saturated carbocycles. The molecule has 0 bridgehead atoms. The molecule has 2 N–H and O–H groups in total. The molecule has 2 aromatic carbocycles. The smallest absolute Gasteiger partial charge is 0.411 e. The lowest BCUT2D eigenvalue weighted by Crippen LogP contribution is -2.32. The average Bonchev–Trinajstić information content (AvgIpc) is 2.61. The average molecular weight is 355 g/mol. The van der Waals surface area contributed by atoms with Gasteiger partial charge in [-0.1, -0.05) is 12.1 Å². The fourth-order valence-corrected chi connectivity index (χ4v) is 3.17. The first-order valence-electron chi connectivity index (χ1n) is 8.35. The van der Waals surface area contributed by atoms with Gasteiger partial charge < -0.3 is 19.7 Å². The monoisotopic (exact) mass is 355 g/mol. The molecule has 1 aliphatic heterocycles. The van der Waals surface area contributed by atoms with Crippen LogP contribution in [0.5, 0.6) is 17.2 Å². The molecule has 26 heavy (non-hydrogen) atoms. The van der Waals surface area contributed by atoms with Crippen LogP contribution in [0.25, 0.3) is 6.08 Å². The maximum atomic E-state index is 11.7. The lowest BCUT2D eigenvalue weighted by Gasteiger charge is -2.32. The predicted octanol–water partition coefficient (Wildman–Crippen LogP) is 4.05. The summed E-state index contributed by atoms with van der Waals surface area (Å²) < 4.78 is 10.7. The van der Waals surface area contributed by atoms with E-state index >= 15 is 0 Å². The summed E-state index contributed by atoms with van der Waals surface area (Å²) in [6.45, 7) is 2.48. The number of nitrogens with zero attached hydrogens (tertiary/aromatic N) is 1. The predicted molar refractivity (Wildman–Crippen MR) is 97.6 cm³/mol. The van der Waals surface area contributed by atoms with Crippen LogP contribution in [0.4, 0.5) is 4.79 Å². The van der Waals surface area contributed by atoms with E-state index in [0.29, 0.717) is 18.8 Å². The molecule has 0 saturated heterocycles. The number of hydrogen-bond donors (Lipinski definition) is 2. The van der Waals surface area contributed by atoms with Crippen molar-refractivity contribution in [1.29, 1.82) is 0 Å². The largest absolute Gasteiger partial charge is 0.504 e. The molecule has 0 aromatic heterocycles. The number of benzene rings is 2. The van der Waals surface area contributed by atoms with Gasteiger partial charge in [0.05, 0.1) is 19.8 Å². The van der Waals surface area contributed by atoms with E-state index in [9.17, 15) is 15.0 Å². The minimum Gasteiger partial charge on any atom is -0.504 e. The Labute approximate surface area is 151 Å². The zero-order chi connectivity index (χ0) is 18.7. The summed E-state index contributed by atoms with van der Waals surface area (Å²) in [5.41, 5.74) is 2.51. The Kier molecular flexibility index (Phi) is 5.02. The molecule has 1 unspecified atom stereocenters.